The van der Waals surface area contributed by atoms with Crippen LogP contribution in [0.15, 0.2) is 54.7 Å². The number of rotatable bonds is 4. The maximum Gasteiger partial charge on any atom is 0.293 e. The molecule has 1 fully saturated rings. The van der Waals surface area contributed by atoms with E-state index in [9.17, 15) is 4.79 Å². The normalized spacial score (nSPS) is 21.1. The lowest BCUT2D eigenvalue weighted by Gasteiger charge is -2.25. The van der Waals surface area contributed by atoms with Gasteiger partial charge in [0.25, 0.3) is 5.91 Å². The average molecular weight is 374 g/mol. The van der Waals surface area contributed by atoms with E-state index >= 15 is 0 Å². The lowest BCUT2D eigenvalue weighted by atomic mass is 9.89. The van der Waals surface area contributed by atoms with Crippen molar-refractivity contribution < 1.29 is 4.79 Å². The number of nitrogens with one attached hydrogen (secondary N) is 1. The van der Waals surface area contributed by atoms with Crippen LogP contribution in [0.2, 0.25) is 0 Å². The standard InChI is InChI=1S/C21H22N6O/c28-21(23-17-6-2-1-3-7-17)20-25-24-19-10-15-11-26(12-16(15)13-27(19)20)14-18-8-4-5-9-22-18/h1-9,15-16H,10-14H2,(H,23,28)/t15-,16-/m1/s1. The number of anilines is 1. The van der Waals surface area contributed by atoms with Gasteiger partial charge in [-0.2, -0.15) is 0 Å². The van der Waals surface area contributed by atoms with Gasteiger partial charge < -0.3 is 9.88 Å². The summed E-state index contributed by atoms with van der Waals surface area (Å²) in [6, 6.07) is 15.5. The summed E-state index contributed by atoms with van der Waals surface area (Å²) in [6.07, 6.45) is 2.71. The smallest absolute Gasteiger partial charge is 0.293 e. The summed E-state index contributed by atoms with van der Waals surface area (Å²) in [5, 5.41) is 11.4. The Balaban J connectivity index is 1.29. The van der Waals surface area contributed by atoms with Crippen molar-refractivity contribution in [2.75, 3.05) is 18.4 Å². The number of pyridine rings is 1. The SMILES string of the molecule is O=C(Nc1ccccc1)c1nnc2n1C[C@H]1CN(Cc3ccccn3)C[C@H]1C2. The van der Waals surface area contributed by atoms with Crippen LogP contribution in [0.5, 0.6) is 0 Å². The number of hydrogen-bond donors (Lipinski definition) is 1. The van der Waals surface area contributed by atoms with E-state index < -0.39 is 0 Å². The van der Waals surface area contributed by atoms with Crippen molar-refractivity contribution in [2.45, 2.75) is 19.5 Å². The number of aromatic nitrogens is 4. The molecule has 3 aromatic rings. The van der Waals surface area contributed by atoms with Gasteiger partial charge in [0.1, 0.15) is 5.82 Å². The molecule has 142 valence electrons. The second kappa shape index (κ2) is 7.16. The lowest BCUT2D eigenvalue weighted by Crippen LogP contribution is -2.31. The minimum Gasteiger partial charge on any atom is -0.319 e. The number of fused-ring (bicyclic) bond motifs is 2. The number of benzene rings is 1. The van der Waals surface area contributed by atoms with Gasteiger partial charge in [0.15, 0.2) is 0 Å². The molecule has 1 N–H and O–H groups in total. The fourth-order valence-corrected chi connectivity index (χ4v) is 4.35. The van der Waals surface area contributed by atoms with Crippen LogP contribution in [-0.2, 0) is 19.5 Å². The Bertz CT molecular complexity index is 971. The third-order valence-electron chi connectivity index (χ3n) is 5.69. The Hall–Kier alpha value is -3.06. The average Bonchev–Trinajstić information content (AvgIpc) is 3.30. The third-order valence-corrected chi connectivity index (χ3v) is 5.69. The predicted molar refractivity (Wildman–Crippen MR) is 105 cm³/mol. The summed E-state index contributed by atoms with van der Waals surface area (Å²) >= 11 is 0. The van der Waals surface area contributed by atoms with E-state index in [-0.39, 0.29) is 5.91 Å². The summed E-state index contributed by atoms with van der Waals surface area (Å²) in [4.78, 5) is 19.6. The molecule has 7 nitrogen and oxygen atoms in total. The fourth-order valence-electron chi connectivity index (χ4n) is 4.35. The van der Waals surface area contributed by atoms with Crippen LogP contribution in [0.25, 0.3) is 0 Å². The molecule has 0 bridgehead atoms. The van der Waals surface area contributed by atoms with Gasteiger partial charge in [0.2, 0.25) is 5.82 Å². The molecule has 5 rings (SSSR count). The van der Waals surface area contributed by atoms with E-state index in [2.05, 4.69) is 31.5 Å². The van der Waals surface area contributed by atoms with Crippen molar-refractivity contribution in [3.63, 3.8) is 0 Å². The van der Waals surface area contributed by atoms with Crippen LogP contribution in [-0.4, -0.2) is 43.6 Å². The van der Waals surface area contributed by atoms with E-state index in [4.69, 9.17) is 0 Å². The number of likely N-dealkylation sites (tertiary alicyclic amines) is 1. The molecule has 1 aromatic carbocycles. The van der Waals surface area contributed by atoms with Gasteiger partial charge in [-0.1, -0.05) is 24.3 Å². The predicted octanol–water partition coefficient (Wildman–Crippen LogP) is 2.23. The molecule has 2 atom stereocenters. The zero-order valence-corrected chi connectivity index (χ0v) is 15.5. The molecule has 0 spiro atoms. The van der Waals surface area contributed by atoms with Crippen molar-refractivity contribution in [1.29, 1.82) is 0 Å². The van der Waals surface area contributed by atoms with E-state index in [1.54, 1.807) is 0 Å². The van der Waals surface area contributed by atoms with E-state index in [1.807, 2.05) is 53.2 Å². The summed E-state index contributed by atoms with van der Waals surface area (Å²) in [7, 11) is 0. The maximum atomic E-state index is 12.7. The Morgan fingerprint density at radius 1 is 1.00 bits per heavy atom. The molecule has 0 unspecified atom stereocenters. The number of amides is 1. The number of hydrogen-bond acceptors (Lipinski definition) is 5. The van der Waals surface area contributed by atoms with E-state index in [1.165, 1.54) is 0 Å². The van der Waals surface area contributed by atoms with Gasteiger partial charge in [0.05, 0.1) is 5.69 Å². The first kappa shape index (κ1) is 17.1. The van der Waals surface area contributed by atoms with Crippen molar-refractivity contribution in [2.24, 2.45) is 11.8 Å². The van der Waals surface area contributed by atoms with Crippen molar-refractivity contribution in [3.8, 4) is 0 Å². The van der Waals surface area contributed by atoms with Gasteiger partial charge in [-0.3, -0.25) is 14.7 Å². The first-order valence-electron chi connectivity index (χ1n) is 9.67. The summed E-state index contributed by atoms with van der Waals surface area (Å²) in [5.74, 6) is 2.19. The van der Waals surface area contributed by atoms with Crippen molar-refractivity contribution >= 4 is 11.6 Å². The zero-order chi connectivity index (χ0) is 18.9. The Labute approximate surface area is 163 Å². The molecule has 2 aromatic heterocycles. The summed E-state index contributed by atoms with van der Waals surface area (Å²) in [5.41, 5.74) is 1.87. The minimum atomic E-state index is -0.202. The second-order valence-electron chi connectivity index (χ2n) is 7.61. The van der Waals surface area contributed by atoms with Crippen molar-refractivity contribution in [3.05, 3.63) is 72.1 Å². The molecule has 4 heterocycles. The largest absolute Gasteiger partial charge is 0.319 e. The molecule has 0 aliphatic carbocycles. The highest BCUT2D eigenvalue weighted by molar-refractivity contribution is 6.01. The molecule has 0 saturated carbocycles. The van der Waals surface area contributed by atoms with Gasteiger partial charge in [-0.15, -0.1) is 10.2 Å². The molecule has 7 heteroatoms. The molecule has 2 aliphatic heterocycles. The van der Waals surface area contributed by atoms with E-state index in [0.717, 1.165) is 49.8 Å². The van der Waals surface area contributed by atoms with Crippen molar-refractivity contribution in [1.82, 2.24) is 24.6 Å². The van der Waals surface area contributed by atoms with Crippen LogP contribution >= 0.6 is 0 Å². The zero-order valence-electron chi connectivity index (χ0n) is 15.5. The van der Waals surface area contributed by atoms with Gasteiger partial charge >= 0.3 is 0 Å². The molecule has 1 saturated heterocycles. The van der Waals surface area contributed by atoms with Crippen LogP contribution in [0.1, 0.15) is 22.1 Å². The van der Waals surface area contributed by atoms with Crippen LogP contribution < -0.4 is 5.32 Å². The highest BCUT2D eigenvalue weighted by atomic mass is 16.2. The summed E-state index contributed by atoms with van der Waals surface area (Å²) < 4.78 is 2.00. The number of nitrogens with zero attached hydrogens (tertiary/aromatic N) is 5. The van der Waals surface area contributed by atoms with Crippen LogP contribution in [0.3, 0.4) is 0 Å². The maximum absolute atomic E-state index is 12.7. The highest BCUT2D eigenvalue weighted by Gasteiger charge is 2.39. The molecule has 28 heavy (non-hydrogen) atoms. The van der Waals surface area contributed by atoms with Crippen LogP contribution in [0, 0.1) is 11.8 Å². The quantitative estimate of drug-likeness (QED) is 0.758. The molecule has 1 amide bonds. The third kappa shape index (κ3) is 3.29. The topological polar surface area (TPSA) is 75.9 Å². The Kier molecular flexibility index (Phi) is 4.37. The first-order chi connectivity index (χ1) is 13.8. The number of carbonyl (C=O) groups excluding carboxylic acids is 1. The van der Waals surface area contributed by atoms with Gasteiger partial charge in [-0.25, -0.2) is 0 Å². The van der Waals surface area contributed by atoms with E-state index in [0.29, 0.717) is 17.7 Å². The Morgan fingerprint density at radius 2 is 1.82 bits per heavy atom. The molecule has 0 radical (unpaired) electrons. The summed E-state index contributed by atoms with van der Waals surface area (Å²) in [6.45, 7) is 3.72. The van der Waals surface area contributed by atoms with Gasteiger partial charge in [-0.05, 0) is 36.1 Å². The second-order valence-corrected chi connectivity index (χ2v) is 7.61. The monoisotopic (exact) mass is 374 g/mol. The molecular formula is C21H22N6O. The number of carbonyl (C=O) groups is 1. The Morgan fingerprint density at radius 3 is 2.64 bits per heavy atom. The first-order valence-corrected chi connectivity index (χ1v) is 9.67. The molecule has 2 aliphatic rings. The lowest BCUT2D eigenvalue weighted by molar-refractivity contribution is 0.100. The van der Waals surface area contributed by atoms with Gasteiger partial charge in [0, 0.05) is 44.5 Å². The number of para-hydroxylation sites is 1. The highest BCUT2D eigenvalue weighted by Crippen LogP contribution is 2.33. The van der Waals surface area contributed by atoms with Crippen LogP contribution in [0.4, 0.5) is 5.69 Å². The molecular weight excluding hydrogens is 352 g/mol. The minimum absolute atomic E-state index is 0.202. The fraction of sp³-hybridized carbons (Fsp3) is 0.333.